The minimum Gasteiger partial charge on any atom is -0.375 e. The highest BCUT2D eigenvalue weighted by Gasteiger charge is 2.33. The number of hydrogen-bond acceptors (Lipinski definition) is 5. The molecular formula is C12H18N4O2S. The topological polar surface area (TPSA) is 88.3 Å². The van der Waals surface area contributed by atoms with E-state index in [9.17, 15) is 9.59 Å². The summed E-state index contributed by atoms with van der Waals surface area (Å²) in [4.78, 5) is 30.6. The van der Waals surface area contributed by atoms with Crippen LogP contribution in [0.2, 0.25) is 0 Å². The number of likely N-dealkylation sites (tertiary alicyclic amines) is 1. The van der Waals surface area contributed by atoms with Crippen LogP contribution in [0.25, 0.3) is 0 Å². The van der Waals surface area contributed by atoms with Gasteiger partial charge in [-0.25, -0.2) is 4.98 Å². The van der Waals surface area contributed by atoms with Gasteiger partial charge in [-0.3, -0.25) is 9.59 Å². The van der Waals surface area contributed by atoms with Gasteiger partial charge in [-0.1, -0.05) is 11.3 Å². The molecule has 0 bridgehead atoms. The average Bonchev–Trinajstić information content (AvgIpc) is 2.76. The van der Waals surface area contributed by atoms with Crippen LogP contribution in [0.4, 0.5) is 5.13 Å². The number of nitrogen functional groups attached to an aromatic ring is 1. The van der Waals surface area contributed by atoms with Crippen LogP contribution in [0.3, 0.4) is 0 Å². The molecule has 1 aliphatic heterocycles. The Morgan fingerprint density at radius 3 is 2.79 bits per heavy atom. The second kappa shape index (κ2) is 5.56. The maximum Gasteiger partial charge on any atom is 0.266 e. The number of aromatic nitrogens is 1. The van der Waals surface area contributed by atoms with Crippen molar-refractivity contribution in [2.45, 2.75) is 32.2 Å². The van der Waals surface area contributed by atoms with Crippen molar-refractivity contribution >= 4 is 28.3 Å². The molecule has 1 saturated heterocycles. The monoisotopic (exact) mass is 282 g/mol. The van der Waals surface area contributed by atoms with E-state index in [1.807, 2.05) is 0 Å². The number of likely N-dealkylation sites (N-methyl/N-ethyl adjacent to an activating group) is 1. The van der Waals surface area contributed by atoms with Crippen molar-refractivity contribution in [3.63, 3.8) is 0 Å². The van der Waals surface area contributed by atoms with E-state index < -0.39 is 0 Å². The van der Waals surface area contributed by atoms with Crippen LogP contribution in [0.1, 0.15) is 34.6 Å². The summed E-state index contributed by atoms with van der Waals surface area (Å²) >= 11 is 1.18. The lowest BCUT2D eigenvalue weighted by Gasteiger charge is -2.34. The van der Waals surface area contributed by atoms with Crippen LogP contribution < -0.4 is 11.1 Å². The number of carbonyl (C=O) groups is 2. The van der Waals surface area contributed by atoms with Gasteiger partial charge in [-0.15, -0.1) is 0 Å². The summed E-state index contributed by atoms with van der Waals surface area (Å²) < 4.78 is 0. The third-order valence-electron chi connectivity index (χ3n) is 3.32. The van der Waals surface area contributed by atoms with E-state index in [1.165, 1.54) is 11.3 Å². The molecule has 1 unspecified atom stereocenters. The molecule has 0 spiro atoms. The fraction of sp³-hybridized carbons (Fsp3) is 0.583. The number of thiazole rings is 1. The summed E-state index contributed by atoms with van der Waals surface area (Å²) in [5, 5.41) is 3.00. The molecule has 6 nitrogen and oxygen atoms in total. The molecule has 1 aliphatic rings. The van der Waals surface area contributed by atoms with E-state index in [1.54, 1.807) is 18.9 Å². The van der Waals surface area contributed by atoms with Gasteiger partial charge in [-0.05, 0) is 26.2 Å². The van der Waals surface area contributed by atoms with E-state index >= 15 is 0 Å². The van der Waals surface area contributed by atoms with Gasteiger partial charge >= 0.3 is 0 Å². The number of nitrogens with zero attached hydrogens (tertiary/aromatic N) is 2. The number of hydrogen-bond donors (Lipinski definition) is 2. The van der Waals surface area contributed by atoms with E-state index in [4.69, 9.17) is 5.73 Å². The van der Waals surface area contributed by atoms with Gasteiger partial charge < -0.3 is 16.0 Å². The summed E-state index contributed by atoms with van der Waals surface area (Å²) in [5.41, 5.74) is 6.26. The van der Waals surface area contributed by atoms with Crippen molar-refractivity contribution in [3.8, 4) is 0 Å². The largest absolute Gasteiger partial charge is 0.375 e. The van der Waals surface area contributed by atoms with Crippen molar-refractivity contribution in [1.29, 1.82) is 0 Å². The Bertz CT molecular complexity index is 500. The zero-order valence-corrected chi connectivity index (χ0v) is 11.9. The predicted octanol–water partition coefficient (Wildman–Crippen LogP) is 0.774. The third kappa shape index (κ3) is 2.70. The van der Waals surface area contributed by atoms with Gasteiger partial charge in [0.05, 0.1) is 5.69 Å². The van der Waals surface area contributed by atoms with Crippen LogP contribution >= 0.6 is 11.3 Å². The second-order valence-electron chi connectivity index (χ2n) is 4.59. The van der Waals surface area contributed by atoms with Crippen molar-refractivity contribution in [1.82, 2.24) is 15.2 Å². The average molecular weight is 282 g/mol. The highest BCUT2D eigenvalue weighted by Crippen LogP contribution is 2.25. The van der Waals surface area contributed by atoms with Gasteiger partial charge in [0.2, 0.25) is 5.91 Å². The number of carbonyl (C=O) groups excluding carboxylic acids is 2. The number of rotatable bonds is 2. The highest BCUT2D eigenvalue weighted by atomic mass is 32.1. The molecule has 3 N–H and O–H groups in total. The molecule has 1 fully saturated rings. The number of piperidine rings is 1. The van der Waals surface area contributed by atoms with E-state index in [-0.39, 0.29) is 17.9 Å². The third-order valence-corrected chi connectivity index (χ3v) is 4.29. The summed E-state index contributed by atoms with van der Waals surface area (Å²) in [6, 6.07) is -0.381. The van der Waals surface area contributed by atoms with E-state index in [2.05, 4.69) is 10.3 Å². The fourth-order valence-corrected chi connectivity index (χ4v) is 3.15. The Morgan fingerprint density at radius 1 is 1.47 bits per heavy atom. The summed E-state index contributed by atoms with van der Waals surface area (Å²) in [6.45, 7) is 2.37. The van der Waals surface area contributed by atoms with Crippen LogP contribution in [0, 0.1) is 6.92 Å². The first-order chi connectivity index (χ1) is 9.04. The minimum atomic E-state index is -0.381. The maximum absolute atomic E-state index is 12.5. The number of amides is 2. The molecule has 0 radical (unpaired) electrons. The first kappa shape index (κ1) is 13.8. The van der Waals surface area contributed by atoms with Gasteiger partial charge in [0.1, 0.15) is 10.9 Å². The standard InChI is InChI=1S/C12H18N4O2S/c1-7-9(19-12(13)15-7)11(18)16-6-4-3-5-8(16)10(17)14-2/h8H,3-6H2,1-2H3,(H2,13,15)(H,14,17). The SMILES string of the molecule is CNC(=O)C1CCCCN1C(=O)c1sc(N)nc1C. The molecule has 1 atom stereocenters. The van der Waals surface area contributed by atoms with Crippen LogP contribution in [-0.4, -0.2) is 41.3 Å². The number of nitrogens with two attached hydrogens (primary N) is 1. The molecular weight excluding hydrogens is 264 g/mol. The summed E-state index contributed by atoms with van der Waals surface area (Å²) in [5.74, 6) is -0.247. The molecule has 19 heavy (non-hydrogen) atoms. The predicted molar refractivity (Wildman–Crippen MR) is 74.0 cm³/mol. The van der Waals surface area contributed by atoms with Crippen LogP contribution in [0.5, 0.6) is 0 Å². The summed E-state index contributed by atoms with van der Waals surface area (Å²) in [6.07, 6.45) is 2.59. The lowest BCUT2D eigenvalue weighted by Crippen LogP contribution is -2.51. The fourth-order valence-electron chi connectivity index (χ4n) is 2.36. The van der Waals surface area contributed by atoms with E-state index in [0.29, 0.717) is 28.7 Å². The Hall–Kier alpha value is -1.63. The Kier molecular flexibility index (Phi) is 4.04. The lowest BCUT2D eigenvalue weighted by molar-refractivity contribution is -0.126. The van der Waals surface area contributed by atoms with Crippen molar-refractivity contribution in [3.05, 3.63) is 10.6 Å². The first-order valence-corrected chi connectivity index (χ1v) is 7.11. The number of nitrogens with one attached hydrogen (secondary N) is 1. The molecule has 2 amide bonds. The summed E-state index contributed by atoms with van der Waals surface area (Å²) in [7, 11) is 1.59. The molecule has 2 heterocycles. The van der Waals surface area contributed by atoms with Crippen molar-refractivity contribution in [2.24, 2.45) is 0 Å². The van der Waals surface area contributed by atoms with Gasteiger partial charge in [0.15, 0.2) is 5.13 Å². The molecule has 0 aromatic carbocycles. The first-order valence-electron chi connectivity index (χ1n) is 6.30. The normalized spacial score (nSPS) is 19.3. The van der Waals surface area contributed by atoms with Crippen molar-refractivity contribution < 1.29 is 9.59 Å². The molecule has 0 aliphatic carbocycles. The molecule has 2 rings (SSSR count). The molecule has 104 valence electrons. The minimum absolute atomic E-state index is 0.108. The quantitative estimate of drug-likeness (QED) is 0.838. The Balaban J connectivity index is 2.25. The number of anilines is 1. The van der Waals surface area contributed by atoms with Crippen LogP contribution in [0.15, 0.2) is 0 Å². The van der Waals surface area contributed by atoms with Gasteiger partial charge in [0.25, 0.3) is 5.91 Å². The van der Waals surface area contributed by atoms with Gasteiger partial charge in [0, 0.05) is 13.6 Å². The maximum atomic E-state index is 12.5. The van der Waals surface area contributed by atoms with Gasteiger partial charge in [-0.2, -0.15) is 0 Å². The van der Waals surface area contributed by atoms with E-state index in [0.717, 1.165) is 12.8 Å². The molecule has 0 saturated carbocycles. The Labute approximate surface area is 116 Å². The smallest absolute Gasteiger partial charge is 0.266 e. The lowest BCUT2D eigenvalue weighted by atomic mass is 10.0. The molecule has 7 heteroatoms. The van der Waals surface area contributed by atoms with Crippen molar-refractivity contribution in [2.75, 3.05) is 19.3 Å². The molecule has 1 aromatic heterocycles. The van der Waals surface area contributed by atoms with Crippen LogP contribution in [-0.2, 0) is 4.79 Å². The Morgan fingerprint density at radius 2 is 2.21 bits per heavy atom. The zero-order valence-electron chi connectivity index (χ0n) is 11.1. The second-order valence-corrected chi connectivity index (χ2v) is 5.62. The number of aryl methyl sites for hydroxylation is 1. The molecule has 1 aromatic rings. The highest BCUT2D eigenvalue weighted by molar-refractivity contribution is 7.17. The zero-order chi connectivity index (χ0) is 14.0.